The quantitative estimate of drug-likeness (QED) is 0.305. The fourth-order valence-electron chi connectivity index (χ4n) is 9.26. The number of rotatable bonds is 7. The predicted molar refractivity (Wildman–Crippen MR) is 156 cm³/mol. The second kappa shape index (κ2) is 10.5. The standard InChI is InChI=1S/C34H48O8/c1-30(2,39)14-13-28(42-29(38)20-9-7-6-8-10-20)33(5,40)27-12-16-34(41)22-17-24(35)23-18-25(36)26(37)19-31(23,3)21(22)11-15-32(27,34)4/h6-10,17,21,23,25-28,36-37,39-41H,11-16,18-19H2,1-5H3/t21?,23-,25+,26+,27?,28-,31+,32+,33?,34+/m0/s1. The molecule has 0 amide bonds. The molecule has 0 saturated heterocycles. The highest BCUT2D eigenvalue weighted by Gasteiger charge is 2.69. The number of ketones is 1. The number of carbonyl (C=O) groups excluding carboxylic acids is 2. The number of benzene rings is 1. The molecule has 1 aromatic rings. The average molecular weight is 585 g/mol. The van der Waals surface area contributed by atoms with Crippen molar-refractivity contribution in [1.29, 1.82) is 0 Å². The fraction of sp³-hybridized carbons (Fsp3) is 0.706. The largest absolute Gasteiger partial charge is 0.456 e. The van der Waals surface area contributed by atoms with E-state index in [1.807, 2.05) is 13.8 Å². The first-order valence-electron chi connectivity index (χ1n) is 15.5. The molecule has 0 bridgehead atoms. The van der Waals surface area contributed by atoms with Gasteiger partial charge in [-0.1, -0.05) is 32.0 Å². The van der Waals surface area contributed by atoms with Crippen molar-refractivity contribution in [1.82, 2.24) is 0 Å². The van der Waals surface area contributed by atoms with Gasteiger partial charge in [0.05, 0.1) is 29.0 Å². The monoisotopic (exact) mass is 584 g/mol. The Kier molecular flexibility index (Phi) is 7.84. The van der Waals surface area contributed by atoms with Gasteiger partial charge in [-0.3, -0.25) is 4.79 Å². The zero-order valence-electron chi connectivity index (χ0n) is 25.5. The molecule has 0 radical (unpaired) electrons. The lowest BCUT2D eigenvalue weighted by atomic mass is 9.45. The van der Waals surface area contributed by atoms with Crippen LogP contribution in [0.4, 0.5) is 0 Å². The van der Waals surface area contributed by atoms with Crippen molar-refractivity contribution in [3.8, 4) is 0 Å². The van der Waals surface area contributed by atoms with E-state index in [0.717, 1.165) is 0 Å². The molecule has 4 aliphatic rings. The molecule has 8 nitrogen and oxygen atoms in total. The fourth-order valence-corrected chi connectivity index (χ4v) is 9.26. The summed E-state index contributed by atoms with van der Waals surface area (Å²) in [6.45, 7) is 9.00. The maximum atomic E-state index is 13.5. The summed E-state index contributed by atoms with van der Waals surface area (Å²) in [5.41, 5.74) is -4.30. The van der Waals surface area contributed by atoms with E-state index in [-0.39, 0.29) is 31.0 Å². The van der Waals surface area contributed by atoms with E-state index in [4.69, 9.17) is 4.74 Å². The number of hydrogen-bond acceptors (Lipinski definition) is 8. The van der Waals surface area contributed by atoms with Gasteiger partial charge >= 0.3 is 5.97 Å². The van der Waals surface area contributed by atoms with Crippen LogP contribution < -0.4 is 0 Å². The van der Waals surface area contributed by atoms with Crippen LogP contribution in [0, 0.1) is 28.6 Å². The van der Waals surface area contributed by atoms with Crippen LogP contribution >= 0.6 is 0 Å². The van der Waals surface area contributed by atoms with Crippen LogP contribution in [0.3, 0.4) is 0 Å². The van der Waals surface area contributed by atoms with Crippen molar-refractivity contribution in [3.63, 3.8) is 0 Å². The number of ether oxygens (including phenoxy) is 1. The maximum Gasteiger partial charge on any atom is 0.338 e. The van der Waals surface area contributed by atoms with Gasteiger partial charge in [0.1, 0.15) is 11.7 Å². The van der Waals surface area contributed by atoms with Crippen molar-refractivity contribution in [3.05, 3.63) is 47.5 Å². The Labute approximate surface area is 248 Å². The topological polar surface area (TPSA) is 145 Å². The summed E-state index contributed by atoms with van der Waals surface area (Å²) in [4.78, 5) is 26.7. The Morgan fingerprint density at radius 2 is 1.69 bits per heavy atom. The minimum Gasteiger partial charge on any atom is -0.456 e. The van der Waals surface area contributed by atoms with Crippen molar-refractivity contribution >= 4 is 11.8 Å². The molecule has 3 fully saturated rings. The highest BCUT2D eigenvalue weighted by Crippen LogP contribution is 2.68. The van der Waals surface area contributed by atoms with Gasteiger partial charge in [0, 0.05) is 11.3 Å². The molecule has 8 heteroatoms. The lowest BCUT2D eigenvalue weighted by Gasteiger charge is -2.60. The van der Waals surface area contributed by atoms with Crippen molar-refractivity contribution in [2.45, 2.75) is 121 Å². The first-order chi connectivity index (χ1) is 19.4. The third kappa shape index (κ3) is 4.97. The van der Waals surface area contributed by atoms with Crippen LogP contribution in [0.25, 0.3) is 0 Å². The normalized spacial score (nSPS) is 40.2. The molecule has 0 spiro atoms. The number of fused-ring (bicyclic) bond motifs is 5. The van der Waals surface area contributed by atoms with E-state index in [1.165, 1.54) is 0 Å². The molecule has 3 unspecified atom stereocenters. The molecule has 3 saturated carbocycles. The summed E-state index contributed by atoms with van der Waals surface area (Å²) < 4.78 is 6.00. The SMILES string of the molecule is CC(C)(O)CC[C@H](OC(=O)c1ccccc1)C(C)(O)C1CC[C@@]2(O)C3=CC(=O)[C@@H]4C[C@@H](O)[C@H](O)C[C@]4(C)C3CC[C@]12C. The predicted octanol–water partition coefficient (Wildman–Crippen LogP) is 3.72. The lowest BCUT2D eigenvalue weighted by molar-refractivity contribution is -0.177. The summed E-state index contributed by atoms with van der Waals surface area (Å²) >= 11 is 0. The number of aliphatic hydroxyl groups excluding tert-OH is 2. The molecule has 42 heavy (non-hydrogen) atoms. The van der Waals surface area contributed by atoms with E-state index in [9.17, 15) is 35.1 Å². The van der Waals surface area contributed by atoms with Crippen LogP contribution in [0.5, 0.6) is 0 Å². The minimum absolute atomic E-state index is 0.123. The highest BCUT2D eigenvalue weighted by molar-refractivity contribution is 5.95. The van der Waals surface area contributed by atoms with Crippen LogP contribution in [-0.4, -0.2) is 72.4 Å². The Hall–Kier alpha value is -2.10. The number of carbonyl (C=O) groups is 2. The molecule has 5 rings (SSSR count). The molecule has 232 valence electrons. The molecular weight excluding hydrogens is 536 g/mol. The van der Waals surface area contributed by atoms with Crippen LogP contribution in [0.2, 0.25) is 0 Å². The Bertz CT molecular complexity index is 1230. The van der Waals surface area contributed by atoms with Crippen molar-refractivity contribution in [2.24, 2.45) is 28.6 Å². The summed E-state index contributed by atoms with van der Waals surface area (Å²) in [5, 5.41) is 56.3. The summed E-state index contributed by atoms with van der Waals surface area (Å²) in [6, 6.07) is 8.60. The Balaban J connectivity index is 1.48. The van der Waals surface area contributed by atoms with Crippen molar-refractivity contribution in [2.75, 3.05) is 0 Å². The van der Waals surface area contributed by atoms with E-state index < -0.39 is 63.8 Å². The maximum absolute atomic E-state index is 13.5. The smallest absolute Gasteiger partial charge is 0.338 e. The zero-order valence-corrected chi connectivity index (χ0v) is 25.5. The first kappa shape index (κ1) is 31.3. The molecule has 0 heterocycles. The third-order valence-electron chi connectivity index (χ3n) is 11.8. The number of hydrogen-bond donors (Lipinski definition) is 5. The Morgan fingerprint density at radius 3 is 2.33 bits per heavy atom. The van der Waals surface area contributed by atoms with Gasteiger partial charge in [0.2, 0.25) is 0 Å². The van der Waals surface area contributed by atoms with E-state index in [1.54, 1.807) is 57.2 Å². The van der Waals surface area contributed by atoms with Gasteiger partial charge < -0.3 is 30.3 Å². The van der Waals surface area contributed by atoms with Gasteiger partial charge in [-0.15, -0.1) is 0 Å². The molecule has 10 atom stereocenters. The lowest BCUT2D eigenvalue weighted by Crippen LogP contribution is -2.63. The molecular formula is C34H48O8. The number of esters is 1. The average Bonchev–Trinajstić information content (AvgIpc) is 3.20. The zero-order chi connectivity index (χ0) is 30.9. The first-order valence-corrected chi connectivity index (χ1v) is 15.5. The van der Waals surface area contributed by atoms with E-state index in [0.29, 0.717) is 43.2 Å². The number of allylic oxidation sites excluding steroid dienone is 1. The molecule has 5 N–H and O–H groups in total. The Morgan fingerprint density at radius 1 is 1.02 bits per heavy atom. The van der Waals surface area contributed by atoms with Gasteiger partial charge in [-0.25, -0.2) is 4.79 Å². The van der Waals surface area contributed by atoms with Gasteiger partial charge in [-0.2, -0.15) is 0 Å². The van der Waals surface area contributed by atoms with E-state index >= 15 is 0 Å². The summed E-state index contributed by atoms with van der Waals surface area (Å²) in [7, 11) is 0. The van der Waals surface area contributed by atoms with Crippen molar-refractivity contribution < 1.29 is 39.9 Å². The van der Waals surface area contributed by atoms with Gasteiger partial charge in [0.25, 0.3) is 0 Å². The van der Waals surface area contributed by atoms with Crippen LogP contribution in [0.1, 0.15) is 96.3 Å². The highest BCUT2D eigenvalue weighted by atomic mass is 16.6. The molecule has 4 aliphatic carbocycles. The van der Waals surface area contributed by atoms with Gasteiger partial charge in [-0.05, 0) is 113 Å². The minimum atomic E-state index is -1.54. The molecule has 1 aromatic carbocycles. The second-order valence-electron chi connectivity index (χ2n) is 14.9. The van der Waals surface area contributed by atoms with Gasteiger partial charge in [0.15, 0.2) is 5.78 Å². The second-order valence-corrected chi connectivity index (χ2v) is 14.9. The molecule has 0 aliphatic heterocycles. The van der Waals surface area contributed by atoms with Crippen LogP contribution in [0.15, 0.2) is 42.0 Å². The van der Waals surface area contributed by atoms with E-state index in [2.05, 4.69) is 0 Å². The summed E-state index contributed by atoms with van der Waals surface area (Å²) in [6.07, 6.45) is 1.84. The number of aliphatic hydroxyl groups is 5. The summed E-state index contributed by atoms with van der Waals surface area (Å²) in [5.74, 6) is -1.70. The molecule has 0 aromatic heterocycles. The van der Waals surface area contributed by atoms with Crippen LogP contribution in [-0.2, 0) is 9.53 Å². The third-order valence-corrected chi connectivity index (χ3v) is 11.8.